The molecule has 4 rings (SSSR count). The average Bonchev–Trinajstić information content (AvgIpc) is 3.19. The summed E-state index contributed by atoms with van der Waals surface area (Å²) in [5.41, 5.74) is 0. The summed E-state index contributed by atoms with van der Waals surface area (Å²) in [4.78, 5) is 6.84. The largest absolute Gasteiger partial charge is 0.468 e. The fraction of sp³-hybridized carbons (Fsp3) is 0.533. The van der Waals surface area contributed by atoms with Crippen molar-refractivity contribution in [3.63, 3.8) is 0 Å². The summed E-state index contributed by atoms with van der Waals surface area (Å²) in [5, 5.41) is 3.17. The standard InChI is InChI=1S/C15H18N2O2S/c1-2-12(18-6-1)9-17-5-3-11-8-13(19-14(11)10-17)15-16-4-7-20-15/h1-2,4,6-7,11,13-14H,3,5,8-10H2/t11-,13+,14+/m0/s1. The van der Waals surface area contributed by atoms with Crippen molar-refractivity contribution in [2.24, 2.45) is 5.92 Å². The van der Waals surface area contributed by atoms with Crippen LogP contribution in [-0.4, -0.2) is 29.1 Å². The zero-order valence-corrected chi connectivity index (χ0v) is 12.1. The van der Waals surface area contributed by atoms with Crippen LogP contribution in [0.3, 0.4) is 0 Å². The molecule has 0 saturated carbocycles. The Bertz CT molecular complexity index is 540. The summed E-state index contributed by atoms with van der Waals surface area (Å²) < 4.78 is 11.7. The Morgan fingerprint density at radius 2 is 2.45 bits per heavy atom. The second-order valence-corrected chi connectivity index (χ2v) is 6.56. The van der Waals surface area contributed by atoms with Crippen molar-refractivity contribution in [1.29, 1.82) is 0 Å². The van der Waals surface area contributed by atoms with Gasteiger partial charge in [-0.1, -0.05) is 0 Å². The summed E-state index contributed by atoms with van der Waals surface area (Å²) in [6.07, 6.45) is 6.53. The van der Waals surface area contributed by atoms with E-state index >= 15 is 0 Å². The van der Waals surface area contributed by atoms with Crippen LogP contribution in [-0.2, 0) is 11.3 Å². The van der Waals surface area contributed by atoms with E-state index in [0.29, 0.717) is 12.0 Å². The number of furan rings is 1. The zero-order chi connectivity index (χ0) is 13.4. The van der Waals surface area contributed by atoms with Crippen LogP contribution in [0.15, 0.2) is 34.4 Å². The fourth-order valence-electron chi connectivity index (χ4n) is 3.31. The number of ether oxygens (including phenoxy) is 1. The van der Waals surface area contributed by atoms with Gasteiger partial charge in [-0.05, 0) is 37.4 Å². The lowest BCUT2D eigenvalue weighted by Crippen LogP contribution is -2.41. The van der Waals surface area contributed by atoms with E-state index in [4.69, 9.17) is 9.15 Å². The fourth-order valence-corrected chi connectivity index (χ4v) is 4.00. The van der Waals surface area contributed by atoms with Gasteiger partial charge >= 0.3 is 0 Å². The smallest absolute Gasteiger partial charge is 0.121 e. The lowest BCUT2D eigenvalue weighted by atomic mass is 9.92. The van der Waals surface area contributed by atoms with Gasteiger partial charge in [-0.15, -0.1) is 11.3 Å². The quantitative estimate of drug-likeness (QED) is 0.870. The molecule has 0 aromatic carbocycles. The third kappa shape index (κ3) is 2.41. The second kappa shape index (κ2) is 5.31. The third-order valence-corrected chi connectivity index (χ3v) is 5.19. The van der Waals surface area contributed by atoms with Crippen molar-refractivity contribution in [2.75, 3.05) is 13.1 Å². The predicted molar refractivity (Wildman–Crippen MR) is 76.4 cm³/mol. The van der Waals surface area contributed by atoms with E-state index in [1.54, 1.807) is 17.6 Å². The van der Waals surface area contributed by atoms with Crippen molar-refractivity contribution in [3.05, 3.63) is 40.7 Å². The lowest BCUT2D eigenvalue weighted by molar-refractivity contribution is -0.0107. The summed E-state index contributed by atoms with van der Waals surface area (Å²) >= 11 is 1.71. The van der Waals surface area contributed by atoms with Gasteiger partial charge in [0.15, 0.2) is 0 Å². The molecule has 2 aromatic heterocycles. The molecule has 2 aliphatic rings. The average molecular weight is 290 g/mol. The Morgan fingerprint density at radius 1 is 1.45 bits per heavy atom. The number of fused-ring (bicyclic) bond motifs is 1. The molecule has 5 heteroatoms. The molecule has 2 aliphatic heterocycles. The summed E-state index contributed by atoms with van der Waals surface area (Å²) in [5.74, 6) is 1.73. The number of nitrogens with zero attached hydrogens (tertiary/aromatic N) is 2. The van der Waals surface area contributed by atoms with Crippen LogP contribution in [0.4, 0.5) is 0 Å². The molecule has 0 unspecified atom stereocenters. The highest BCUT2D eigenvalue weighted by Crippen LogP contribution is 2.41. The Labute approximate surface area is 122 Å². The number of rotatable bonds is 3. The maximum atomic E-state index is 6.23. The molecule has 4 heterocycles. The first kappa shape index (κ1) is 12.6. The van der Waals surface area contributed by atoms with Gasteiger partial charge in [0.05, 0.1) is 18.9 Å². The number of aromatic nitrogens is 1. The molecule has 20 heavy (non-hydrogen) atoms. The van der Waals surface area contributed by atoms with E-state index in [2.05, 4.69) is 9.88 Å². The first-order valence-corrected chi connectivity index (χ1v) is 8.06. The van der Waals surface area contributed by atoms with Crippen molar-refractivity contribution in [1.82, 2.24) is 9.88 Å². The minimum absolute atomic E-state index is 0.216. The van der Waals surface area contributed by atoms with E-state index in [1.807, 2.05) is 23.7 Å². The Hall–Kier alpha value is -1.17. The molecular weight excluding hydrogens is 272 g/mol. The van der Waals surface area contributed by atoms with Gasteiger partial charge in [0, 0.05) is 18.1 Å². The molecule has 2 saturated heterocycles. The van der Waals surface area contributed by atoms with Crippen LogP contribution in [0, 0.1) is 5.92 Å². The number of thiazole rings is 1. The molecule has 0 spiro atoms. The highest BCUT2D eigenvalue weighted by atomic mass is 32.1. The number of hydrogen-bond acceptors (Lipinski definition) is 5. The normalized spacial score (nSPS) is 30.5. The van der Waals surface area contributed by atoms with Gasteiger partial charge in [0.2, 0.25) is 0 Å². The van der Waals surface area contributed by atoms with Crippen LogP contribution in [0.1, 0.15) is 29.7 Å². The Morgan fingerprint density at radius 3 is 3.25 bits per heavy atom. The molecule has 0 N–H and O–H groups in total. The van der Waals surface area contributed by atoms with Crippen molar-refractivity contribution >= 4 is 11.3 Å². The maximum Gasteiger partial charge on any atom is 0.121 e. The predicted octanol–water partition coefficient (Wildman–Crippen LogP) is 3.09. The maximum absolute atomic E-state index is 6.23. The monoisotopic (exact) mass is 290 g/mol. The lowest BCUT2D eigenvalue weighted by Gasteiger charge is -2.33. The summed E-state index contributed by atoms with van der Waals surface area (Å²) in [6.45, 7) is 3.03. The SMILES string of the molecule is c1coc(CN2CC[C@H]3C[C@H](c4nccs4)O[C@@H]3C2)c1. The minimum atomic E-state index is 0.216. The molecule has 0 amide bonds. The molecule has 0 aliphatic carbocycles. The summed E-state index contributed by atoms with van der Waals surface area (Å²) in [7, 11) is 0. The van der Waals surface area contributed by atoms with Gasteiger partial charge in [0.25, 0.3) is 0 Å². The minimum Gasteiger partial charge on any atom is -0.468 e. The van der Waals surface area contributed by atoms with Crippen molar-refractivity contribution < 1.29 is 9.15 Å². The van der Waals surface area contributed by atoms with E-state index in [9.17, 15) is 0 Å². The van der Waals surface area contributed by atoms with Crippen LogP contribution in [0.25, 0.3) is 0 Å². The number of piperidine rings is 1. The molecule has 3 atom stereocenters. The van der Waals surface area contributed by atoms with E-state index in [1.165, 1.54) is 6.42 Å². The molecule has 0 bridgehead atoms. The molecule has 2 aromatic rings. The van der Waals surface area contributed by atoms with Gasteiger partial charge in [-0.3, -0.25) is 4.90 Å². The molecule has 2 fully saturated rings. The third-order valence-electron chi connectivity index (χ3n) is 4.32. The molecule has 106 valence electrons. The van der Waals surface area contributed by atoms with E-state index in [0.717, 1.165) is 36.8 Å². The van der Waals surface area contributed by atoms with Gasteiger partial charge in [0.1, 0.15) is 16.9 Å². The highest BCUT2D eigenvalue weighted by molar-refractivity contribution is 7.09. The van der Waals surface area contributed by atoms with Gasteiger partial charge < -0.3 is 9.15 Å². The van der Waals surface area contributed by atoms with Crippen LogP contribution < -0.4 is 0 Å². The first-order chi connectivity index (χ1) is 9.88. The Balaban J connectivity index is 1.40. The summed E-state index contributed by atoms with van der Waals surface area (Å²) in [6, 6.07) is 3.99. The zero-order valence-electron chi connectivity index (χ0n) is 11.3. The van der Waals surface area contributed by atoms with Crippen LogP contribution in [0.2, 0.25) is 0 Å². The number of hydrogen-bond donors (Lipinski definition) is 0. The van der Waals surface area contributed by atoms with Crippen molar-refractivity contribution in [2.45, 2.75) is 31.6 Å². The Kier molecular flexibility index (Phi) is 3.34. The van der Waals surface area contributed by atoms with Crippen LogP contribution in [0.5, 0.6) is 0 Å². The second-order valence-electron chi connectivity index (χ2n) is 5.63. The molecular formula is C15H18N2O2S. The number of likely N-dealkylation sites (tertiary alicyclic amines) is 1. The first-order valence-electron chi connectivity index (χ1n) is 7.18. The van der Waals surface area contributed by atoms with Gasteiger partial charge in [-0.25, -0.2) is 4.98 Å². The molecule has 0 radical (unpaired) electrons. The van der Waals surface area contributed by atoms with Gasteiger partial charge in [-0.2, -0.15) is 0 Å². The van der Waals surface area contributed by atoms with E-state index in [-0.39, 0.29) is 6.10 Å². The topological polar surface area (TPSA) is 38.5 Å². The molecule has 4 nitrogen and oxygen atoms in total. The van der Waals surface area contributed by atoms with E-state index < -0.39 is 0 Å². The highest BCUT2D eigenvalue weighted by Gasteiger charge is 2.40. The van der Waals surface area contributed by atoms with Crippen molar-refractivity contribution in [3.8, 4) is 0 Å². The van der Waals surface area contributed by atoms with Crippen LogP contribution >= 0.6 is 11.3 Å².